The van der Waals surface area contributed by atoms with Crippen molar-refractivity contribution in [3.8, 4) is 0 Å². The van der Waals surface area contributed by atoms with Gasteiger partial charge in [0.25, 0.3) is 11.8 Å². The van der Waals surface area contributed by atoms with Crippen molar-refractivity contribution in [2.24, 2.45) is 0 Å². The number of amides is 2. The van der Waals surface area contributed by atoms with Crippen LogP contribution in [0.15, 0.2) is 36.4 Å². The van der Waals surface area contributed by atoms with Gasteiger partial charge < -0.3 is 0 Å². The first-order chi connectivity index (χ1) is 12.0. The van der Waals surface area contributed by atoms with Gasteiger partial charge in [0.15, 0.2) is 0 Å². The first kappa shape index (κ1) is 20.1. The van der Waals surface area contributed by atoms with Gasteiger partial charge in [0.2, 0.25) is 0 Å². The number of hydrogen-bond donors (Lipinski definition) is 1. The molecule has 0 radical (unpaired) electrons. The van der Waals surface area contributed by atoms with E-state index in [1.54, 1.807) is 20.8 Å². The van der Waals surface area contributed by atoms with Gasteiger partial charge in [0.05, 0.1) is 15.6 Å². The zero-order valence-corrected chi connectivity index (χ0v) is 15.8. The number of rotatable bonds is 2. The van der Waals surface area contributed by atoms with E-state index in [1.807, 2.05) is 0 Å². The van der Waals surface area contributed by atoms with Crippen LogP contribution in [-0.4, -0.2) is 22.4 Å². The third-order valence-corrected chi connectivity index (χ3v) is 4.18. The fourth-order valence-corrected chi connectivity index (χ4v) is 2.45. The third kappa shape index (κ3) is 4.31. The highest BCUT2D eigenvalue weighted by atomic mass is 35.5. The van der Waals surface area contributed by atoms with Gasteiger partial charge in [-0.2, -0.15) is 0 Å². The first-order valence-electron chi connectivity index (χ1n) is 7.57. The van der Waals surface area contributed by atoms with E-state index in [0.29, 0.717) is 0 Å². The van der Waals surface area contributed by atoms with Crippen LogP contribution in [-0.2, 0) is 0 Å². The van der Waals surface area contributed by atoms with Crippen LogP contribution in [0.3, 0.4) is 0 Å². The van der Waals surface area contributed by atoms with E-state index in [-0.39, 0.29) is 15.6 Å². The molecular weight excluding hydrogens is 385 g/mol. The zero-order chi connectivity index (χ0) is 19.6. The molecule has 2 aromatic rings. The lowest BCUT2D eigenvalue weighted by Crippen LogP contribution is -2.56. The highest BCUT2D eigenvalue weighted by molar-refractivity contribution is 6.42. The Balaban J connectivity index is 2.38. The van der Waals surface area contributed by atoms with E-state index in [1.165, 1.54) is 18.2 Å². The third-order valence-electron chi connectivity index (χ3n) is 3.44. The van der Waals surface area contributed by atoms with E-state index in [0.717, 1.165) is 23.2 Å². The molecule has 8 heteroatoms. The van der Waals surface area contributed by atoms with Crippen molar-refractivity contribution in [1.82, 2.24) is 10.4 Å². The Morgan fingerprint density at radius 2 is 1.58 bits per heavy atom. The van der Waals surface area contributed by atoms with E-state index < -0.39 is 34.6 Å². The number of carbonyl (C=O) groups excluding carboxylic acids is 2. The molecule has 2 aromatic carbocycles. The number of halogens is 4. The van der Waals surface area contributed by atoms with Crippen LogP contribution in [0.5, 0.6) is 0 Å². The number of hydrazine groups is 1. The Kier molecular flexibility index (Phi) is 5.88. The summed E-state index contributed by atoms with van der Waals surface area (Å²) >= 11 is 11.8. The molecule has 0 spiro atoms. The van der Waals surface area contributed by atoms with Gasteiger partial charge in [-0.1, -0.05) is 29.3 Å². The topological polar surface area (TPSA) is 49.4 Å². The summed E-state index contributed by atoms with van der Waals surface area (Å²) in [6.07, 6.45) is 0. The molecule has 2 amide bonds. The molecule has 26 heavy (non-hydrogen) atoms. The van der Waals surface area contributed by atoms with Crippen molar-refractivity contribution in [3.05, 3.63) is 69.2 Å². The summed E-state index contributed by atoms with van der Waals surface area (Å²) in [7, 11) is 0. The molecule has 0 saturated carbocycles. The van der Waals surface area contributed by atoms with Crippen LogP contribution in [0.25, 0.3) is 0 Å². The monoisotopic (exact) mass is 400 g/mol. The zero-order valence-electron chi connectivity index (χ0n) is 14.2. The molecule has 0 atom stereocenters. The molecule has 0 heterocycles. The Morgan fingerprint density at radius 1 is 1.00 bits per heavy atom. The molecule has 1 N–H and O–H groups in total. The quantitative estimate of drug-likeness (QED) is 0.731. The average molecular weight is 401 g/mol. The van der Waals surface area contributed by atoms with Crippen LogP contribution in [0, 0.1) is 11.6 Å². The van der Waals surface area contributed by atoms with Crippen LogP contribution >= 0.6 is 23.2 Å². The van der Waals surface area contributed by atoms with Crippen LogP contribution in [0.2, 0.25) is 10.0 Å². The summed E-state index contributed by atoms with van der Waals surface area (Å²) in [5.74, 6) is -3.75. The lowest BCUT2D eigenvalue weighted by atomic mass is 10.1. The molecule has 4 nitrogen and oxygen atoms in total. The predicted molar refractivity (Wildman–Crippen MR) is 96.2 cm³/mol. The van der Waals surface area contributed by atoms with Crippen molar-refractivity contribution in [2.45, 2.75) is 26.3 Å². The lowest BCUT2D eigenvalue weighted by Gasteiger charge is -2.35. The van der Waals surface area contributed by atoms with Gasteiger partial charge in [-0.05, 0) is 51.1 Å². The molecule has 0 aliphatic rings. The second kappa shape index (κ2) is 7.60. The molecule has 0 saturated heterocycles. The number of carbonyl (C=O) groups is 2. The summed E-state index contributed by atoms with van der Waals surface area (Å²) in [5, 5.41) is 1.42. The number of hydrogen-bond acceptors (Lipinski definition) is 2. The molecule has 0 aliphatic carbocycles. The van der Waals surface area contributed by atoms with Crippen molar-refractivity contribution in [3.63, 3.8) is 0 Å². The maximum Gasteiger partial charge on any atom is 0.275 e. The molecule has 0 aliphatic heterocycles. The number of benzene rings is 2. The molecule has 0 unspecified atom stereocenters. The fraction of sp³-hybridized carbons (Fsp3) is 0.222. The van der Waals surface area contributed by atoms with E-state index >= 15 is 0 Å². The van der Waals surface area contributed by atoms with Crippen molar-refractivity contribution >= 4 is 35.0 Å². The Hall–Kier alpha value is -2.18. The van der Waals surface area contributed by atoms with Gasteiger partial charge in [-0.25, -0.2) is 13.8 Å². The minimum Gasteiger partial charge on any atom is -0.267 e. The SMILES string of the molecule is CC(C)(C)N(NC(=O)c1c(F)cccc1F)C(=O)c1ccc(Cl)c(Cl)c1. The van der Waals surface area contributed by atoms with Crippen molar-refractivity contribution in [2.75, 3.05) is 0 Å². The summed E-state index contributed by atoms with van der Waals surface area (Å²) in [5.41, 5.74) is 0.770. The largest absolute Gasteiger partial charge is 0.275 e. The highest BCUT2D eigenvalue weighted by Crippen LogP contribution is 2.25. The maximum atomic E-state index is 13.8. The van der Waals surface area contributed by atoms with Gasteiger partial charge in [0, 0.05) is 5.56 Å². The van der Waals surface area contributed by atoms with Crippen LogP contribution in [0.1, 0.15) is 41.5 Å². The van der Waals surface area contributed by atoms with Gasteiger partial charge >= 0.3 is 0 Å². The summed E-state index contributed by atoms with van der Waals surface area (Å²) < 4.78 is 27.7. The molecule has 2 rings (SSSR count). The lowest BCUT2D eigenvalue weighted by molar-refractivity contribution is 0.0355. The standard InChI is InChI=1S/C18H16Cl2F2N2O2/c1-18(2,3)24(17(26)10-7-8-11(19)12(20)9-10)23-16(25)15-13(21)5-4-6-14(15)22/h4-9H,1-3H3,(H,23,25). The van der Waals surface area contributed by atoms with E-state index in [2.05, 4.69) is 5.43 Å². The summed E-state index contributed by atoms with van der Waals surface area (Å²) in [6, 6.07) is 7.28. The smallest absolute Gasteiger partial charge is 0.267 e. The van der Waals surface area contributed by atoms with Crippen molar-refractivity contribution in [1.29, 1.82) is 0 Å². The minimum absolute atomic E-state index is 0.156. The Labute approximate surface area is 159 Å². The molecule has 0 fully saturated rings. The number of nitrogens with one attached hydrogen (secondary N) is 1. The van der Waals surface area contributed by atoms with E-state index in [4.69, 9.17) is 23.2 Å². The van der Waals surface area contributed by atoms with E-state index in [9.17, 15) is 18.4 Å². The normalized spacial score (nSPS) is 11.2. The summed E-state index contributed by atoms with van der Waals surface area (Å²) in [4.78, 5) is 25.2. The molecular formula is C18H16Cl2F2N2O2. The van der Waals surface area contributed by atoms with Gasteiger partial charge in [-0.3, -0.25) is 15.0 Å². The predicted octanol–water partition coefficient (Wildman–Crippen LogP) is 4.86. The first-order valence-corrected chi connectivity index (χ1v) is 8.32. The second-order valence-electron chi connectivity index (χ2n) is 6.48. The maximum absolute atomic E-state index is 13.8. The van der Waals surface area contributed by atoms with Gasteiger partial charge in [0.1, 0.15) is 17.2 Å². The van der Waals surface area contributed by atoms with Crippen molar-refractivity contribution < 1.29 is 18.4 Å². The minimum atomic E-state index is -1.08. The average Bonchev–Trinajstić information content (AvgIpc) is 2.53. The van der Waals surface area contributed by atoms with Gasteiger partial charge in [-0.15, -0.1) is 0 Å². The molecule has 0 aromatic heterocycles. The van der Waals surface area contributed by atoms with Crippen LogP contribution < -0.4 is 5.43 Å². The summed E-state index contributed by atoms with van der Waals surface area (Å²) in [6.45, 7) is 4.96. The number of nitrogens with zero attached hydrogens (tertiary/aromatic N) is 1. The Bertz CT molecular complexity index is 847. The molecule has 138 valence electrons. The molecule has 0 bridgehead atoms. The van der Waals surface area contributed by atoms with Crippen LogP contribution in [0.4, 0.5) is 8.78 Å². The second-order valence-corrected chi connectivity index (χ2v) is 7.29. The Morgan fingerprint density at radius 3 is 2.08 bits per heavy atom. The fourth-order valence-electron chi connectivity index (χ4n) is 2.15. The highest BCUT2D eigenvalue weighted by Gasteiger charge is 2.31.